The van der Waals surface area contributed by atoms with Gasteiger partial charge < -0.3 is 25.5 Å². The predicted molar refractivity (Wildman–Crippen MR) is 169 cm³/mol. The summed E-state index contributed by atoms with van der Waals surface area (Å²) in [5.41, 5.74) is 9.09. The number of benzene rings is 2. The van der Waals surface area contributed by atoms with Gasteiger partial charge in [-0.3, -0.25) is 9.69 Å². The zero-order valence-corrected chi connectivity index (χ0v) is 25.1. The van der Waals surface area contributed by atoms with Crippen molar-refractivity contribution in [2.45, 2.75) is 52.1 Å². The van der Waals surface area contributed by atoms with Crippen molar-refractivity contribution in [1.29, 1.82) is 0 Å². The number of fused-ring (bicyclic) bond motifs is 1. The Morgan fingerprint density at radius 2 is 1.82 bits per heavy atom. The molecule has 0 radical (unpaired) electrons. The van der Waals surface area contributed by atoms with Crippen molar-refractivity contribution in [2.75, 3.05) is 16.8 Å². The number of amides is 2. The van der Waals surface area contributed by atoms with Gasteiger partial charge in [0, 0.05) is 30.1 Å². The van der Waals surface area contributed by atoms with E-state index in [1.165, 1.54) is 13.1 Å². The molecule has 0 spiro atoms. The van der Waals surface area contributed by atoms with E-state index in [0.29, 0.717) is 29.8 Å². The van der Waals surface area contributed by atoms with Gasteiger partial charge in [-0.1, -0.05) is 32.3 Å². The van der Waals surface area contributed by atoms with Crippen molar-refractivity contribution < 1.29 is 24.2 Å². The summed E-state index contributed by atoms with van der Waals surface area (Å²) in [6.07, 6.45) is 4.82. The summed E-state index contributed by atoms with van der Waals surface area (Å²) in [7, 11) is 1.88. The van der Waals surface area contributed by atoms with Crippen LogP contribution >= 0.6 is 0 Å². The number of nitrogens with one attached hydrogen (secondary N) is 1. The lowest BCUT2D eigenvalue weighted by atomic mass is 10.1. The molecule has 2 amide bonds. The van der Waals surface area contributed by atoms with Gasteiger partial charge in [-0.2, -0.15) is 4.99 Å². The molecule has 0 saturated heterocycles. The number of ether oxygens (including phenoxy) is 1. The second-order valence-corrected chi connectivity index (χ2v) is 10.3. The molecule has 230 valence electrons. The molecular formula is C32H37N7O5. The fourth-order valence-electron chi connectivity index (χ4n) is 4.59. The van der Waals surface area contributed by atoms with Gasteiger partial charge in [-0.05, 0) is 67.9 Å². The zero-order chi connectivity index (χ0) is 31.6. The molecule has 44 heavy (non-hydrogen) atoms. The fraction of sp³-hybridized carbons (Fsp3) is 0.312. The Hall–Kier alpha value is -5.26. The first-order valence-electron chi connectivity index (χ1n) is 14.5. The Bertz CT molecular complexity index is 1630. The molecule has 0 bridgehead atoms. The number of hydrogen-bond acceptors (Lipinski definition) is 7. The third kappa shape index (κ3) is 7.77. The number of nitrogens with two attached hydrogens (primary N) is 1. The van der Waals surface area contributed by atoms with Gasteiger partial charge in [0.15, 0.2) is 0 Å². The number of carbonyl (C=O) groups is 3. The maximum Gasteiger partial charge on any atom is 0.435 e. The summed E-state index contributed by atoms with van der Waals surface area (Å²) < 4.78 is 7.04. The van der Waals surface area contributed by atoms with E-state index >= 15 is 0 Å². The summed E-state index contributed by atoms with van der Waals surface area (Å²) in [6, 6.07) is 16.1. The highest BCUT2D eigenvalue weighted by molar-refractivity contribution is 6.09. The Labute approximate surface area is 255 Å². The topological polar surface area (TPSA) is 165 Å². The summed E-state index contributed by atoms with van der Waals surface area (Å²) in [5.74, 6) is -0.591. The van der Waals surface area contributed by atoms with Crippen LogP contribution in [0.5, 0.6) is 0 Å². The lowest BCUT2D eigenvalue weighted by Gasteiger charge is -2.25. The maximum atomic E-state index is 13.5. The number of aryl methyl sites for hydroxylation is 1. The molecule has 0 aliphatic heterocycles. The second-order valence-electron chi connectivity index (χ2n) is 10.3. The van der Waals surface area contributed by atoms with Crippen LogP contribution in [-0.4, -0.2) is 56.1 Å². The number of aromatic nitrogens is 3. The number of pyridine rings is 1. The molecule has 12 heteroatoms. The number of aliphatic carboxylic acids is 1. The van der Waals surface area contributed by atoms with Gasteiger partial charge in [0.25, 0.3) is 5.91 Å². The first kappa shape index (κ1) is 31.7. The minimum absolute atomic E-state index is 0.0789. The standard InChI is InChI=1S/C32H37N7O5/c1-4-5-6-9-18-44-32(43)37-29(33)22-11-14-24(15-12-22)35-20-28-36-25-19-23(13-16-26(25)38(28)3)30(40)39(21(2)31(41)42)27-10-7-8-17-34-27/h7-8,10-17,19,21,35H,4-6,9,18,20H2,1-3H3,(H,41,42)(H2,33,37,43). The lowest BCUT2D eigenvalue weighted by Crippen LogP contribution is -2.44. The van der Waals surface area contributed by atoms with Crippen molar-refractivity contribution in [3.63, 3.8) is 0 Å². The molecule has 0 aliphatic carbocycles. The number of aliphatic imine (C=N–C) groups is 1. The Kier molecular flexibility index (Phi) is 10.6. The number of rotatable bonds is 13. The van der Waals surface area contributed by atoms with Crippen LogP contribution in [0.15, 0.2) is 71.9 Å². The summed E-state index contributed by atoms with van der Waals surface area (Å²) >= 11 is 0. The van der Waals surface area contributed by atoms with E-state index in [-0.39, 0.29) is 11.7 Å². The van der Waals surface area contributed by atoms with Crippen LogP contribution in [0.3, 0.4) is 0 Å². The predicted octanol–water partition coefficient (Wildman–Crippen LogP) is 5.12. The molecule has 0 saturated carbocycles. The third-order valence-corrected chi connectivity index (χ3v) is 7.15. The minimum atomic E-state index is -1.14. The number of amidine groups is 1. The molecule has 4 rings (SSSR count). The van der Waals surface area contributed by atoms with Crippen LogP contribution in [-0.2, 0) is 23.1 Å². The quantitative estimate of drug-likeness (QED) is 0.107. The van der Waals surface area contributed by atoms with Gasteiger partial charge in [0.2, 0.25) is 0 Å². The molecule has 2 heterocycles. The van der Waals surface area contributed by atoms with Crippen molar-refractivity contribution in [1.82, 2.24) is 14.5 Å². The van der Waals surface area contributed by atoms with Crippen LogP contribution in [0, 0.1) is 0 Å². The maximum absolute atomic E-state index is 13.5. The number of unbranched alkanes of at least 4 members (excludes halogenated alkanes) is 3. The number of nitrogens with zero attached hydrogens (tertiary/aromatic N) is 5. The van der Waals surface area contributed by atoms with E-state index < -0.39 is 24.0 Å². The highest BCUT2D eigenvalue weighted by Crippen LogP contribution is 2.22. The van der Waals surface area contributed by atoms with Crippen LogP contribution in [0.4, 0.5) is 16.3 Å². The van der Waals surface area contributed by atoms with Crippen molar-refractivity contribution in [3.8, 4) is 0 Å². The van der Waals surface area contributed by atoms with Crippen molar-refractivity contribution in [2.24, 2.45) is 17.8 Å². The lowest BCUT2D eigenvalue weighted by molar-refractivity contribution is -0.138. The number of hydrogen-bond donors (Lipinski definition) is 3. The molecular weight excluding hydrogens is 562 g/mol. The summed E-state index contributed by atoms with van der Waals surface area (Å²) in [6.45, 7) is 4.27. The largest absolute Gasteiger partial charge is 0.480 e. The highest BCUT2D eigenvalue weighted by Gasteiger charge is 2.29. The molecule has 0 aliphatic rings. The van der Waals surface area contributed by atoms with Gasteiger partial charge in [0.1, 0.15) is 23.5 Å². The Morgan fingerprint density at radius 1 is 1.07 bits per heavy atom. The Balaban J connectivity index is 1.42. The number of carboxylic acid groups (broad SMARTS) is 1. The van der Waals surface area contributed by atoms with E-state index in [1.807, 2.05) is 23.7 Å². The minimum Gasteiger partial charge on any atom is -0.480 e. The summed E-state index contributed by atoms with van der Waals surface area (Å²) in [4.78, 5) is 51.1. The van der Waals surface area contributed by atoms with E-state index in [9.17, 15) is 19.5 Å². The highest BCUT2D eigenvalue weighted by atomic mass is 16.5. The number of anilines is 2. The fourth-order valence-corrected chi connectivity index (χ4v) is 4.59. The van der Waals surface area contributed by atoms with Gasteiger partial charge in [0.05, 0.1) is 24.2 Å². The SMILES string of the molecule is CCCCCCOC(=O)N=C(N)c1ccc(NCc2nc3cc(C(=O)N(c4ccccn4)C(C)C(=O)O)ccc3n2C)cc1. The molecule has 2 aromatic carbocycles. The van der Waals surface area contributed by atoms with Gasteiger partial charge in [-0.15, -0.1) is 0 Å². The van der Waals surface area contributed by atoms with E-state index in [0.717, 1.165) is 47.6 Å². The van der Waals surface area contributed by atoms with Gasteiger partial charge >= 0.3 is 12.1 Å². The zero-order valence-electron chi connectivity index (χ0n) is 25.1. The first-order chi connectivity index (χ1) is 21.2. The number of carboxylic acids is 1. The third-order valence-electron chi connectivity index (χ3n) is 7.15. The van der Waals surface area contributed by atoms with Crippen LogP contribution in [0.2, 0.25) is 0 Å². The van der Waals surface area contributed by atoms with Crippen LogP contribution in [0.1, 0.15) is 61.3 Å². The van der Waals surface area contributed by atoms with Crippen molar-refractivity contribution in [3.05, 3.63) is 83.8 Å². The van der Waals surface area contributed by atoms with E-state index in [1.54, 1.807) is 48.5 Å². The molecule has 4 aromatic rings. The molecule has 12 nitrogen and oxygen atoms in total. The number of imidazole rings is 1. The second kappa shape index (κ2) is 14.8. The summed E-state index contributed by atoms with van der Waals surface area (Å²) in [5, 5.41) is 12.9. The smallest absolute Gasteiger partial charge is 0.435 e. The van der Waals surface area contributed by atoms with E-state index in [4.69, 9.17) is 15.5 Å². The number of carbonyl (C=O) groups excluding carboxylic acids is 2. The van der Waals surface area contributed by atoms with Crippen molar-refractivity contribution >= 4 is 46.3 Å². The normalized spacial score (nSPS) is 12.1. The molecule has 1 atom stereocenters. The van der Waals surface area contributed by atoms with E-state index in [2.05, 4.69) is 22.2 Å². The molecule has 4 N–H and O–H groups in total. The first-order valence-corrected chi connectivity index (χ1v) is 14.5. The molecule has 1 unspecified atom stereocenters. The van der Waals surface area contributed by atoms with Crippen LogP contribution in [0.25, 0.3) is 11.0 Å². The van der Waals surface area contributed by atoms with Crippen LogP contribution < -0.4 is 16.0 Å². The monoisotopic (exact) mass is 599 g/mol. The molecule has 0 fully saturated rings. The molecule has 2 aromatic heterocycles. The average molecular weight is 600 g/mol. The Morgan fingerprint density at radius 3 is 2.50 bits per heavy atom. The van der Waals surface area contributed by atoms with Gasteiger partial charge in [-0.25, -0.2) is 19.6 Å². The average Bonchev–Trinajstić information content (AvgIpc) is 3.34.